The number of hydrogen-bond donors (Lipinski definition) is 1. The molecular formula is C16H31N. The minimum Gasteiger partial charge on any atom is -0.313 e. The quantitative estimate of drug-likeness (QED) is 0.706. The second-order valence-electron chi connectivity index (χ2n) is 4.86. The molecule has 0 bridgehead atoms. The molecule has 0 saturated heterocycles. The molecule has 0 amide bonds. The average Bonchev–Trinajstić information content (AvgIpc) is 2.35. The van der Waals surface area contributed by atoms with Gasteiger partial charge in [0.2, 0.25) is 0 Å². The molecule has 0 saturated carbocycles. The van der Waals surface area contributed by atoms with Crippen LogP contribution < -0.4 is 5.32 Å². The molecule has 1 atom stereocenters. The van der Waals surface area contributed by atoms with E-state index < -0.39 is 0 Å². The average molecular weight is 237 g/mol. The van der Waals surface area contributed by atoms with Crippen molar-refractivity contribution in [3.63, 3.8) is 0 Å². The molecule has 1 rings (SSSR count). The smallest absolute Gasteiger partial charge is 0.0167 e. The van der Waals surface area contributed by atoms with E-state index in [1.165, 1.54) is 31.3 Å². The molecule has 17 heavy (non-hydrogen) atoms. The van der Waals surface area contributed by atoms with Crippen LogP contribution in [0.25, 0.3) is 0 Å². The summed E-state index contributed by atoms with van der Waals surface area (Å²) in [7, 11) is 0. The van der Waals surface area contributed by atoms with Crippen molar-refractivity contribution in [2.24, 2.45) is 5.92 Å². The van der Waals surface area contributed by atoms with Gasteiger partial charge in [0.1, 0.15) is 0 Å². The van der Waals surface area contributed by atoms with Gasteiger partial charge in [-0.25, -0.2) is 0 Å². The van der Waals surface area contributed by atoms with Gasteiger partial charge in [0, 0.05) is 6.54 Å². The lowest BCUT2D eigenvalue weighted by Crippen LogP contribution is -2.23. The summed E-state index contributed by atoms with van der Waals surface area (Å²) in [5, 5.41) is 3.56. The highest BCUT2D eigenvalue weighted by molar-refractivity contribution is 5.23. The summed E-state index contributed by atoms with van der Waals surface area (Å²) in [4.78, 5) is 0. The Morgan fingerprint density at radius 3 is 2.47 bits per heavy atom. The lowest BCUT2D eigenvalue weighted by atomic mass is 9.99. The molecule has 1 nitrogen and oxygen atoms in total. The number of nitrogens with one attached hydrogen (secondary N) is 1. The maximum atomic E-state index is 3.56. The highest BCUT2D eigenvalue weighted by Crippen LogP contribution is 2.16. The van der Waals surface area contributed by atoms with Gasteiger partial charge in [-0.2, -0.15) is 0 Å². The SMILES string of the molecule is CC.CCCC(C)CNCC1=CC=C(C)CC1. The molecule has 100 valence electrons. The van der Waals surface area contributed by atoms with Gasteiger partial charge in [-0.1, -0.05) is 57.4 Å². The maximum absolute atomic E-state index is 3.56. The Labute approximate surface area is 108 Å². The molecule has 0 aromatic carbocycles. The van der Waals surface area contributed by atoms with Gasteiger partial charge in [-0.15, -0.1) is 0 Å². The van der Waals surface area contributed by atoms with Crippen molar-refractivity contribution in [2.45, 2.75) is 60.3 Å². The van der Waals surface area contributed by atoms with Crippen molar-refractivity contribution < 1.29 is 0 Å². The minimum absolute atomic E-state index is 0.816. The predicted octanol–water partition coefficient (Wildman–Crippen LogP) is 4.70. The van der Waals surface area contributed by atoms with Crippen LogP contribution in [-0.2, 0) is 0 Å². The maximum Gasteiger partial charge on any atom is 0.0167 e. The van der Waals surface area contributed by atoms with Crippen molar-refractivity contribution in [1.29, 1.82) is 0 Å². The number of rotatable bonds is 6. The third kappa shape index (κ3) is 8.20. The van der Waals surface area contributed by atoms with Gasteiger partial charge < -0.3 is 5.32 Å². The summed E-state index contributed by atoms with van der Waals surface area (Å²) >= 11 is 0. The van der Waals surface area contributed by atoms with E-state index >= 15 is 0 Å². The van der Waals surface area contributed by atoms with Crippen molar-refractivity contribution in [3.05, 3.63) is 23.3 Å². The Morgan fingerprint density at radius 2 is 1.94 bits per heavy atom. The lowest BCUT2D eigenvalue weighted by Gasteiger charge is -2.15. The molecule has 0 fully saturated rings. The summed E-state index contributed by atoms with van der Waals surface area (Å²) in [5.74, 6) is 0.816. The monoisotopic (exact) mass is 237 g/mol. The summed E-state index contributed by atoms with van der Waals surface area (Å²) in [6.07, 6.45) is 9.68. The normalized spacial score (nSPS) is 16.5. The molecule has 1 unspecified atom stereocenters. The van der Waals surface area contributed by atoms with Crippen LogP contribution in [0.2, 0.25) is 0 Å². The van der Waals surface area contributed by atoms with Crippen molar-refractivity contribution in [3.8, 4) is 0 Å². The van der Waals surface area contributed by atoms with Crippen LogP contribution in [-0.4, -0.2) is 13.1 Å². The standard InChI is InChI=1S/C14H25N.C2H6/c1-4-5-13(3)10-15-11-14-8-6-12(2)7-9-14;1-2/h6,8,13,15H,4-5,7,9-11H2,1-3H3;1-2H3. The Morgan fingerprint density at radius 1 is 1.24 bits per heavy atom. The molecule has 1 heteroatoms. The van der Waals surface area contributed by atoms with Crippen molar-refractivity contribution >= 4 is 0 Å². The Bertz CT molecular complexity index is 238. The molecule has 0 aromatic heterocycles. The van der Waals surface area contributed by atoms with Crippen LogP contribution >= 0.6 is 0 Å². The van der Waals surface area contributed by atoms with Crippen LogP contribution in [0.15, 0.2) is 23.3 Å². The summed E-state index contributed by atoms with van der Waals surface area (Å²) in [5.41, 5.74) is 3.07. The zero-order valence-corrected chi connectivity index (χ0v) is 12.5. The van der Waals surface area contributed by atoms with E-state index in [1.807, 2.05) is 13.8 Å². The molecule has 1 N–H and O–H groups in total. The van der Waals surface area contributed by atoms with E-state index in [4.69, 9.17) is 0 Å². The second kappa shape index (κ2) is 10.6. The third-order valence-electron chi connectivity index (χ3n) is 3.07. The van der Waals surface area contributed by atoms with Crippen LogP contribution in [0.5, 0.6) is 0 Å². The van der Waals surface area contributed by atoms with Gasteiger partial charge >= 0.3 is 0 Å². The molecule has 0 aromatic rings. The fourth-order valence-electron chi connectivity index (χ4n) is 2.01. The summed E-state index contributed by atoms with van der Waals surface area (Å²) in [6.45, 7) is 13.0. The fraction of sp³-hybridized carbons (Fsp3) is 0.750. The van der Waals surface area contributed by atoms with Gasteiger partial charge in [0.15, 0.2) is 0 Å². The van der Waals surface area contributed by atoms with Gasteiger partial charge in [-0.3, -0.25) is 0 Å². The summed E-state index contributed by atoms with van der Waals surface area (Å²) < 4.78 is 0. The van der Waals surface area contributed by atoms with Crippen LogP contribution in [0, 0.1) is 5.92 Å². The molecular weight excluding hydrogens is 206 g/mol. The van der Waals surface area contributed by atoms with Gasteiger partial charge in [-0.05, 0) is 38.6 Å². The van der Waals surface area contributed by atoms with Crippen LogP contribution in [0.3, 0.4) is 0 Å². The lowest BCUT2D eigenvalue weighted by molar-refractivity contribution is 0.484. The zero-order chi connectivity index (χ0) is 13.1. The predicted molar refractivity (Wildman–Crippen MR) is 79.4 cm³/mol. The first-order valence-electron chi connectivity index (χ1n) is 7.28. The number of allylic oxidation sites excluding steroid dienone is 3. The van der Waals surface area contributed by atoms with E-state index in [9.17, 15) is 0 Å². The molecule has 0 aliphatic heterocycles. The van der Waals surface area contributed by atoms with Gasteiger partial charge in [0.05, 0.1) is 0 Å². The number of hydrogen-bond acceptors (Lipinski definition) is 1. The minimum atomic E-state index is 0.816. The van der Waals surface area contributed by atoms with Crippen LogP contribution in [0.1, 0.15) is 60.3 Å². The fourth-order valence-corrected chi connectivity index (χ4v) is 2.01. The molecule has 0 radical (unpaired) electrons. The molecule has 0 heterocycles. The van der Waals surface area contributed by atoms with Gasteiger partial charge in [0.25, 0.3) is 0 Å². The topological polar surface area (TPSA) is 12.0 Å². The van der Waals surface area contributed by atoms with E-state index in [1.54, 1.807) is 5.57 Å². The van der Waals surface area contributed by atoms with Crippen molar-refractivity contribution in [2.75, 3.05) is 13.1 Å². The van der Waals surface area contributed by atoms with E-state index in [-0.39, 0.29) is 0 Å². The first-order valence-corrected chi connectivity index (χ1v) is 7.28. The van der Waals surface area contributed by atoms with Crippen molar-refractivity contribution in [1.82, 2.24) is 5.32 Å². The molecule has 1 aliphatic rings. The van der Waals surface area contributed by atoms with E-state index in [0.717, 1.165) is 19.0 Å². The first kappa shape index (κ1) is 16.4. The van der Waals surface area contributed by atoms with E-state index in [0.29, 0.717) is 0 Å². The largest absolute Gasteiger partial charge is 0.313 e. The Balaban J connectivity index is 0.00000121. The summed E-state index contributed by atoms with van der Waals surface area (Å²) in [6, 6.07) is 0. The zero-order valence-electron chi connectivity index (χ0n) is 12.5. The Hall–Kier alpha value is -0.560. The second-order valence-corrected chi connectivity index (χ2v) is 4.86. The Kier molecular flexibility index (Phi) is 10.2. The molecule has 0 spiro atoms. The first-order chi connectivity index (χ1) is 8.22. The highest BCUT2D eigenvalue weighted by Gasteiger charge is 2.04. The third-order valence-corrected chi connectivity index (χ3v) is 3.07. The van der Waals surface area contributed by atoms with Crippen LogP contribution in [0.4, 0.5) is 0 Å². The van der Waals surface area contributed by atoms with E-state index in [2.05, 4.69) is 38.2 Å². The highest BCUT2D eigenvalue weighted by atomic mass is 14.9. The molecule has 1 aliphatic carbocycles.